The van der Waals surface area contributed by atoms with E-state index in [1.165, 1.54) is 32.0 Å². The van der Waals surface area contributed by atoms with Crippen LogP contribution in [0.4, 0.5) is 0 Å². The Balaban J connectivity index is 1.70. The Morgan fingerprint density at radius 2 is 0.852 bits per heavy atom. The van der Waals surface area contributed by atoms with Gasteiger partial charge in [0.25, 0.3) is 0 Å². The summed E-state index contributed by atoms with van der Waals surface area (Å²) in [4.78, 5) is 2.39. The summed E-state index contributed by atoms with van der Waals surface area (Å²) in [5.74, 6) is 0. The van der Waals surface area contributed by atoms with Crippen molar-refractivity contribution in [1.82, 2.24) is 0 Å². The van der Waals surface area contributed by atoms with Gasteiger partial charge in [0, 0.05) is 18.7 Å². The van der Waals surface area contributed by atoms with Gasteiger partial charge in [-0.05, 0) is 78.4 Å². The number of hydrogen-bond donors (Lipinski definition) is 0. The lowest BCUT2D eigenvalue weighted by Crippen LogP contribution is -1.84. The second-order valence-corrected chi connectivity index (χ2v) is 8.92. The zero-order valence-electron chi connectivity index (χ0n) is 14.4. The third-order valence-electron chi connectivity index (χ3n) is 4.30. The lowest BCUT2D eigenvalue weighted by Gasteiger charge is -2.11. The normalized spacial score (nSPS) is 10.7. The lowest BCUT2D eigenvalue weighted by atomic mass is 10.1. The molecule has 4 aromatic carbocycles. The second-order valence-electron chi connectivity index (χ2n) is 6.12. The number of benzene rings is 4. The molecule has 0 amide bonds. The molecule has 3 heteroatoms. The first kappa shape index (κ1) is 18.5. The fraction of sp³-hybridized carbons (Fsp3) is 0. The van der Waals surface area contributed by atoms with Crippen molar-refractivity contribution in [3.8, 4) is 22.3 Å². The smallest absolute Gasteiger partial charge is 0.0315 e. The van der Waals surface area contributed by atoms with E-state index in [1.807, 2.05) is 12.1 Å². The molecule has 4 aromatic rings. The Morgan fingerprint density at radius 3 is 1.26 bits per heavy atom. The van der Waals surface area contributed by atoms with E-state index in [0.717, 1.165) is 8.95 Å². The van der Waals surface area contributed by atoms with Gasteiger partial charge in [-0.25, -0.2) is 0 Å². The molecule has 0 heterocycles. The van der Waals surface area contributed by atoms with Crippen LogP contribution in [0.1, 0.15) is 0 Å². The highest BCUT2D eigenvalue weighted by molar-refractivity contribution is 9.11. The molecule has 0 aliphatic heterocycles. The van der Waals surface area contributed by atoms with Gasteiger partial charge in [0.05, 0.1) is 0 Å². The molecule has 0 aliphatic rings. The highest BCUT2D eigenvalue weighted by atomic mass is 79.9. The van der Waals surface area contributed by atoms with Crippen LogP contribution in [0, 0.1) is 0 Å². The molecule has 0 radical (unpaired) electrons. The molecule has 132 valence electrons. The number of hydrogen-bond acceptors (Lipinski definition) is 1. The minimum Gasteiger partial charge on any atom is -0.0877 e. The van der Waals surface area contributed by atoms with E-state index < -0.39 is 0 Å². The molecule has 27 heavy (non-hydrogen) atoms. The Bertz CT molecular complexity index is 973. The van der Waals surface area contributed by atoms with Crippen LogP contribution in [0.25, 0.3) is 22.3 Å². The zero-order valence-corrected chi connectivity index (χ0v) is 18.4. The van der Waals surface area contributed by atoms with Crippen molar-refractivity contribution in [3.63, 3.8) is 0 Å². The van der Waals surface area contributed by atoms with Gasteiger partial charge >= 0.3 is 0 Å². The summed E-state index contributed by atoms with van der Waals surface area (Å²) in [6.45, 7) is 0. The van der Waals surface area contributed by atoms with Gasteiger partial charge in [-0.1, -0.05) is 84.6 Å². The predicted molar refractivity (Wildman–Crippen MR) is 123 cm³/mol. The minimum atomic E-state index is 1.10. The van der Waals surface area contributed by atoms with E-state index in [9.17, 15) is 0 Å². The molecule has 0 atom stereocenters. The third-order valence-corrected chi connectivity index (χ3v) is 7.32. The molecule has 0 unspecified atom stereocenters. The molecular formula is C24H16Br2S. The number of halogens is 2. The predicted octanol–water partition coefficient (Wildman–Crippen LogP) is 8.70. The molecule has 0 spiro atoms. The highest BCUT2D eigenvalue weighted by Gasteiger charge is 2.10. The molecular weight excluding hydrogens is 480 g/mol. The summed E-state index contributed by atoms with van der Waals surface area (Å²) < 4.78 is 2.20. The first-order valence-electron chi connectivity index (χ1n) is 8.58. The highest BCUT2D eigenvalue weighted by Crippen LogP contribution is 2.40. The van der Waals surface area contributed by atoms with Crippen LogP contribution in [-0.4, -0.2) is 0 Å². The summed E-state index contributed by atoms with van der Waals surface area (Å²) >= 11 is 9.19. The largest absolute Gasteiger partial charge is 0.0877 e. The van der Waals surface area contributed by atoms with Crippen LogP contribution in [0.3, 0.4) is 0 Å². The van der Waals surface area contributed by atoms with Crippen LogP contribution in [0.2, 0.25) is 0 Å². The van der Waals surface area contributed by atoms with E-state index in [1.54, 1.807) is 11.8 Å². The van der Waals surface area contributed by atoms with Crippen LogP contribution in [-0.2, 0) is 0 Å². The van der Waals surface area contributed by atoms with Gasteiger partial charge in [0.15, 0.2) is 0 Å². The van der Waals surface area contributed by atoms with Crippen molar-refractivity contribution in [3.05, 3.63) is 106 Å². The monoisotopic (exact) mass is 494 g/mol. The Kier molecular flexibility index (Phi) is 5.82. The number of rotatable bonds is 4. The quantitative estimate of drug-likeness (QED) is 0.272. The maximum absolute atomic E-state index is 3.71. The van der Waals surface area contributed by atoms with E-state index in [0.29, 0.717) is 0 Å². The molecule has 0 bridgehead atoms. The fourth-order valence-electron chi connectivity index (χ4n) is 2.90. The van der Waals surface area contributed by atoms with Gasteiger partial charge < -0.3 is 0 Å². The van der Waals surface area contributed by atoms with Gasteiger partial charge in [-0.3, -0.25) is 0 Å². The summed E-state index contributed by atoms with van der Waals surface area (Å²) in [6.07, 6.45) is 0. The average molecular weight is 496 g/mol. The summed E-state index contributed by atoms with van der Waals surface area (Å²) in [7, 11) is 0. The van der Waals surface area contributed by atoms with Crippen molar-refractivity contribution in [2.24, 2.45) is 0 Å². The third kappa shape index (κ3) is 4.37. The fourth-order valence-corrected chi connectivity index (χ4v) is 4.82. The standard InChI is InChI=1S/C24H16Br2S/c25-21-13-11-19(17-7-3-1-4-8-17)15-23(21)27-24-16-20(12-14-22(24)26)18-9-5-2-6-10-18/h1-16H. The van der Waals surface area contributed by atoms with Gasteiger partial charge in [-0.15, -0.1) is 0 Å². The van der Waals surface area contributed by atoms with Crippen molar-refractivity contribution < 1.29 is 0 Å². The Labute approximate surface area is 180 Å². The summed E-state index contributed by atoms with van der Waals surface area (Å²) in [5, 5.41) is 0. The summed E-state index contributed by atoms with van der Waals surface area (Å²) in [5.41, 5.74) is 4.89. The second kappa shape index (κ2) is 8.47. The first-order chi connectivity index (χ1) is 13.2. The van der Waals surface area contributed by atoms with Gasteiger partial charge in [-0.2, -0.15) is 0 Å². The Hall–Kier alpha value is -1.81. The summed E-state index contributed by atoms with van der Waals surface area (Å²) in [6, 6.07) is 34.0. The maximum atomic E-state index is 3.71. The minimum absolute atomic E-state index is 1.10. The van der Waals surface area contributed by atoms with Crippen LogP contribution >= 0.6 is 43.6 Å². The molecule has 0 nitrogen and oxygen atoms in total. The molecule has 0 aromatic heterocycles. The molecule has 0 fully saturated rings. The van der Waals surface area contributed by atoms with Crippen LogP contribution < -0.4 is 0 Å². The molecule has 4 rings (SSSR count). The average Bonchev–Trinajstić information content (AvgIpc) is 2.72. The van der Waals surface area contributed by atoms with Crippen molar-refractivity contribution in [1.29, 1.82) is 0 Å². The van der Waals surface area contributed by atoms with E-state index in [2.05, 4.69) is 117 Å². The van der Waals surface area contributed by atoms with E-state index in [-0.39, 0.29) is 0 Å². The maximum Gasteiger partial charge on any atom is 0.0315 e. The molecule has 0 aliphatic carbocycles. The van der Waals surface area contributed by atoms with Crippen LogP contribution in [0.15, 0.2) is 116 Å². The molecule has 0 saturated heterocycles. The van der Waals surface area contributed by atoms with Gasteiger partial charge in [0.2, 0.25) is 0 Å². The molecule has 0 N–H and O–H groups in total. The topological polar surface area (TPSA) is 0 Å². The van der Waals surface area contributed by atoms with E-state index in [4.69, 9.17) is 0 Å². The molecule has 0 saturated carbocycles. The lowest BCUT2D eigenvalue weighted by molar-refractivity contribution is 1.35. The van der Waals surface area contributed by atoms with Crippen molar-refractivity contribution in [2.45, 2.75) is 9.79 Å². The van der Waals surface area contributed by atoms with E-state index >= 15 is 0 Å². The zero-order chi connectivity index (χ0) is 18.6. The first-order valence-corrected chi connectivity index (χ1v) is 11.0. The SMILES string of the molecule is Brc1ccc(-c2ccccc2)cc1Sc1cc(-c2ccccc2)ccc1Br. The van der Waals surface area contributed by atoms with Gasteiger partial charge in [0.1, 0.15) is 0 Å². The Morgan fingerprint density at radius 1 is 0.444 bits per heavy atom. The van der Waals surface area contributed by atoms with Crippen LogP contribution in [0.5, 0.6) is 0 Å². The van der Waals surface area contributed by atoms with Crippen molar-refractivity contribution >= 4 is 43.6 Å². The van der Waals surface area contributed by atoms with Crippen molar-refractivity contribution in [2.75, 3.05) is 0 Å².